The SMILES string of the molecule is O=S(=O)(Nc1ccc(F)c(F)c1Nc1ccc(I)cc1F)c1ccccc1. The lowest BCUT2D eigenvalue weighted by atomic mass is 10.2. The van der Waals surface area contributed by atoms with Crippen LogP contribution in [0.5, 0.6) is 0 Å². The van der Waals surface area contributed by atoms with Crippen molar-refractivity contribution in [1.82, 2.24) is 0 Å². The van der Waals surface area contributed by atoms with E-state index < -0.39 is 33.2 Å². The van der Waals surface area contributed by atoms with Gasteiger partial charge in [0.25, 0.3) is 10.0 Å². The van der Waals surface area contributed by atoms with Gasteiger partial charge in [-0.3, -0.25) is 4.72 Å². The predicted octanol–water partition coefficient (Wildman–Crippen LogP) is 5.25. The molecule has 0 aliphatic heterocycles. The van der Waals surface area contributed by atoms with Crippen molar-refractivity contribution in [1.29, 1.82) is 0 Å². The molecule has 0 unspecified atom stereocenters. The summed E-state index contributed by atoms with van der Waals surface area (Å²) in [7, 11) is -4.05. The summed E-state index contributed by atoms with van der Waals surface area (Å²) in [6.45, 7) is 0. The quantitative estimate of drug-likeness (QED) is 0.467. The third-order valence-electron chi connectivity index (χ3n) is 3.58. The fraction of sp³-hybridized carbons (Fsp3) is 0. The number of hydrogen-bond donors (Lipinski definition) is 2. The minimum atomic E-state index is -4.05. The molecule has 0 saturated heterocycles. The number of rotatable bonds is 5. The van der Waals surface area contributed by atoms with E-state index in [0.29, 0.717) is 3.57 Å². The molecule has 27 heavy (non-hydrogen) atoms. The van der Waals surface area contributed by atoms with Gasteiger partial charge >= 0.3 is 0 Å². The zero-order chi connectivity index (χ0) is 19.6. The van der Waals surface area contributed by atoms with Crippen LogP contribution in [0.25, 0.3) is 0 Å². The number of halogens is 4. The van der Waals surface area contributed by atoms with Gasteiger partial charge in [0.05, 0.1) is 16.3 Å². The van der Waals surface area contributed by atoms with E-state index >= 15 is 0 Å². The van der Waals surface area contributed by atoms with Crippen LogP contribution in [0.3, 0.4) is 0 Å². The molecule has 0 amide bonds. The third kappa shape index (κ3) is 4.35. The number of nitrogens with one attached hydrogen (secondary N) is 2. The molecule has 3 rings (SSSR count). The zero-order valence-corrected chi connectivity index (χ0v) is 16.5. The maximum absolute atomic E-state index is 14.3. The Labute approximate surface area is 167 Å². The van der Waals surface area contributed by atoms with Crippen molar-refractivity contribution in [3.63, 3.8) is 0 Å². The van der Waals surface area contributed by atoms with Crippen molar-refractivity contribution in [2.24, 2.45) is 0 Å². The van der Waals surface area contributed by atoms with Crippen LogP contribution in [0.1, 0.15) is 0 Å². The van der Waals surface area contributed by atoms with Crippen molar-refractivity contribution < 1.29 is 21.6 Å². The molecule has 0 aliphatic carbocycles. The molecule has 9 heteroatoms. The summed E-state index contributed by atoms with van der Waals surface area (Å²) in [5, 5.41) is 2.43. The van der Waals surface area contributed by atoms with Crippen molar-refractivity contribution in [2.75, 3.05) is 10.0 Å². The second-order valence-electron chi connectivity index (χ2n) is 5.45. The van der Waals surface area contributed by atoms with E-state index in [1.807, 2.05) is 22.6 Å². The topological polar surface area (TPSA) is 58.2 Å². The molecule has 0 saturated carbocycles. The molecule has 0 bridgehead atoms. The van der Waals surface area contributed by atoms with Gasteiger partial charge in [-0.1, -0.05) is 18.2 Å². The molecule has 0 atom stereocenters. The summed E-state index contributed by atoms with van der Waals surface area (Å²) in [6, 6.07) is 13.4. The predicted molar refractivity (Wildman–Crippen MR) is 106 cm³/mol. The fourth-order valence-electron chi connectivity index (χ4n) is 2.29. The van der Waals surface area contributed by atoms with Gasteiger partial charge in [-0.15, -0.1) is 0 Å². The van der Waals surface area contributed by atoms with E-state index in [-0.39, 0.29) is 16.3 Å². The average molecular weight is 504 g/mol. The Kier molecular flexibility index (Phi) is 5.61. The molecule has 3 aromatic carbocycles. The van der Waals surface area contributed by atoms with E-state index in [4.69, 9.17) is 0 Å². The molecular weight excluding hydrogens is 492 g/mol. The van der Waals surface area contributed by atoms with Gasteiger partial charge in [0.2, 0.25) is 0 Å². The average Bonchev–Trinajstić information content (AvgIpc) is 2.63. The second kappa shape index (κ2) is 7.77. The lowest BCUT2D eigenvalue weighted by Gasteiger charge is -2.16. The summed E-state index contributed by atoms with van der Waals surface area (Å²) >= 11 is 1.90. The van der Waals surface area contributed by atoms with Crippen LogP contribution in [0, 0.1) is 21.0 Å². The summed E-state index contributed by atoms with van der Waals surface area (Å²) in [4.78, 5) is -0.0545. The van der Waals surface area contributed by atoms with Crippen LogP contribution in [-0.2, 0) is 10.0 Å². The largest absolute Gasteiger partial charge is 0.349 e. The normalized spacial score (nSPS) is 11.3. The smallest absolute Gasteiger partial charge is 0.261 e. The van der Waals surface area contributed by atoms with Gasteiger partial charge in [0, 0.05) is 3.57 Å². The van der Waals surface area contributed by atoms with Gasteiger partial charge in [0.15, 0.2) is 11.6 Å². The minimum absolute atomic E-state index is 0.0545. The first-order valence-corrected chi connectivity index (χ1v) is 10.1. The van der Waals surface area contributed by atoms with Crippen LogP contribution >= 0.6 is 22.6 Å². The van der Waals surface area contributed by atoms with E-state index in [0.717, 1.165) is 12.1 Å². The van der Waals surface area contributed by atoms with Crippen molar-refractivity contribution in [3.05, 3.63) is 81.7 Å². The Morgan fingerprint density at radius 2 is 1.48 bits per heavy atom. The Balaban J connectivity index is 2.03. The standard InChI is InChI=1S/C18H12F3IN2O2S/c19-13-7-9-16(24-27(25,26)12-4-2-1-3-5-12)18(17(13)21)23-15-8-6-11(22)10-14(15)20/h1-10,23-24H. The molecule has 0 aliphatic rings. The lowest BCUT2D eigenvalue weighted by Crippen LogP contribution is -2.15. The van der Waals surface area contributed by atoms with Gasteiger partial charge in [-0.2, -0.15) is 0 Å². The molecule has 0 aromatic heterocycles. The van der Waals surface area contributed by atoms with Crippen LogP contribution in [0.2, 0.25) is 0 Å². The summed E-state index contributed by atoms with van der Waals surface area (Å²) in [6.07, 6.45) is 0. The first-order chi connectivity index (χ1) is 12.8. The summed E-state index contributed by atoms with van der Waals surface area (Å²) in [5.74, 6) is -3.23. The Morgan fingerprint density at radius 3 is 2.15 bits per heavy atom. The Bertz CT molecular complexity index is 1090. The minimum Gasteiger partial charge on any atom is -0.349 e. The molecule has 140 valence electrons. The highest BCUT2D eigenvalue weighted by Crippen LogP contribution is 2.33. The highest BCUT2D eigenvalue weighted by molar-refractivity contribution is 14.1. The van der Waals surface area contributed by atoms with Gasteiger partial charge in [-0.05, 0) is 65.1 Å². The van der Waals surface area contributed by atoms with E-state index in [2.05, 4.69) is 10.0 Å². The Morgan fingerprint density at radius 1 is 0.815 bits per heavy atom. The zero-order valence-electron chi connectivity index (χ0n) is 13.5. The third-order valence-corrected chi connectivity index (χ3v) is 5.64. The fourth-order valence-corrected chi connectivity index (χ4v) is 3.83. The van der Waals surface area contributed by atoms with E-state index in [9.17, 15) is 21.6 Å². The number of sulfonamides is 1. The van der Waals surface area contributed by atoms with Crippen LogP contribution in [-0.4, -0.2) is 8.42 Å². The molecule has 4 nitrogen and oxygen atoms in total. The maximum atomic E-state index is 14.3. The molecule has 0 spiro atoms. The first-order valence-electron chi connectivity index (χ1n) is 7.56. The molecular formula is C18H12F3IN2O2S. The Hall–Kier alpha value is -2.27. The van der Waals surface area contributed by atoms with Gasteiger partial charge < -0.3 is 5.32 Å². The van der Waals surface area contributed by atoms with Crippen molar-refractivity contribution in [3.8, 4) is 0 Å². The summed E-state index contributed by atoms with van der Waals surface area (Å²) < 4.78 is 69.9. The van der Waals surface area contributed by atoms with Gasteiger partial charge in [0.1, 0.15) is 11.5 Å². The second-order valence-corrected chi connectivity index (χ2v) is 8.38. The lowest BCUT2D eigenvalue weighted by molar-refractivity contribution is 0.512. The van der Waals surface area contributed by atoms with Gasteiger partial charge in [-0.25, -0.2) is 21.6 Å². The van der Waals surface area contributed by atoms with Crippen LogP contribution in [0.15, 0.2) is 65.6 Å². The molecule has 0 heterocycles. The first kappa shape index (κ1) is 19.5. The van der Waals surface area contributed by atoms with Crippen molar-refractivity contribution in [2.45, 2.75) is 4.90 Å². The van der Waals surface area contributed by atoms with E-state index in [1.54, 1.807) is 12.1 Å². The van der Waals surface area contributed by atoms with Crippen LogP contribution < -0.4 is 10.0 Å². The monoisotopic (exact) mass is 504 g/mol. The molecule has 0 radical (unpaired) electrons. The number of anilines is 3. The van der Waals surface area contributed by atoms with Crippen LogP contribution in [0.4, 0.5) is 30.2 Å². The highest BCUT2D eigenvalue weighted by atomic mass is 127. The molecule has 0 fully saturated rings. The molecule has 2 N–H and O–H groups in total. The van der Waals surface area contributed by atoms with E-state index in [1.165, 1.54) is 36.4 Å². The maximum Gasteiger partial charge on any atom is 0.261 e. The van der Waals surface area contributed by atoms with Crippen molar-refractivity contribution >= 4 is 49.7 Å². The highest BCUT2D eigenvalue weighted by Gasteiger charge is 2.20. The number of hydrogen-bond acceptors (Lipinski definition) is 3. The molecule has 3 aromatic rings. The number of benzene rings is 3. The summed E-state index contributed by atoms with van der Waals surface area (Å²) in [5.41, 5.74) is -0.898.